The number of amides is 1. The van der Waals surface area contributed by atoms with Gasteiger partial charge in [0.1, 0.15) is 6.61 Å². The van der Waals surface area contributed by atoms with E-state index in [1.165, 1.54) is 31.9 Å². The molecule has 0 saturated heterocycles. The number of carbonyl (C=O) groups is 2. The molecule has 37 heavy (non-hydrogen) atoms. The molecule has 1 aromatic heterocycles. The third kappa shape index (κ3) is 7.19. The fraction of sp³-hybridized carbons (Fsp3) is 0.296. The van der Waals surface area contributed by atoms with Crippen LogP contribution in [0, 0.1) is 0 Å². The van der Waals surface area contributed by atoms with Gasteiger partial charge in [0, 0.05) is 37.5 Å². The molecule has 0 aliphatic carbocycles. The maximum Gasteiger partial charge on any atom is 0.310 e. The van der Waals surface area contributed by atoms with Crippen LogP contribution in [0.25, 0.3) is 0 Å². The molecule has 1 amide bonds. The first-order chi connectivity index (χ1) is 17.7. The van der Waals surface area contributed by atoms with Gasteiger partial charge in [-0.15, -0.1) is 0 Å². The van der Waals surface area contributed by atoms with Crippen LogP contribution in [-0.4, -0.2) is 42.1 Å². The van der Waals surface area contributed by atoms with Crippen molar-refractivity contribution in [3.8, 4) is 5.75 Å². The van der Waals surface area contributed by atoms with E-state index in [0.717, 1.165) is 11.1 Å². The normalized spacial score (nSPS) is 11.8. The second kappa shape index (κ2) is 13.0. The van der Waals surface area contributed by atoms with Crippen molar-refractivity contribution in [3.63, 3.8) is 0 Å². The number of halogens is 1. The van der Waals surface area contributed by atoms with Crippen molar-refractivity contribution in [3.05, 3.63) is 98.4 Å². The number of aliphatic carboxylic acids is 1. The molecule has 1 atom stereocenters. The number of carboxylic acids is 1. The molecule has 0 spiro atoms. The molecule has 196 valence electrons. The topological polar surface area (TPSA) is 116 Å². The maximum atomic E-state index is 13.5. The standard InChI is InChI=1S/C27H29ClN2O7/c1-17(27(33)34)21-14-30(15-22(35-2)36-3)23(26(32)29-13-19-10-7-11-20(28)12-19)25(24(21)31)37-16-18-8-5-4-6-9-18/h4-12,14,17,22H,13,15-16H2,1-3H3,(H,29,32)(H,33,34). The Balaban J connectivity index is 2.11. The summed E-state index contributed by atoms with van der Waals surface area (Å²) in [7, 11) is 2.87. The van der Waals surface area contributed by atoms with Crippen molar-refractivity contribution < 1.29 is 28.9 Å². The van der Waals surface area contributed by atoms with Crippen LogP contribution in [0.5, 0.6) is 5.75 Å². The number of nitrogens with zero attached hydrogens (tertiary/aromatic N) is 1. The van der Waals surface area contributed by atoms with E-state index in [2.05, 4.69) is 5.32 Å². The fourth-order valence-electron chi connectivity index (χ4n) is 3.66. The molecule has 0 radical (unpaired) electrons. The SMILES string of the molecule is COC(Cn1cc(C(C)C(=O)O)c(=O)c(OCc2ccccc2)c1C(=O)NCc1cccc(Cl)c1)OC. The van der Waals surface area contributed by atoms with Gasteiger partial charge in [0.05, 0.1) is 12.5 Å². The van der Waals surface area contributed by atoms with Gasteiger partial charge in [0.2, 0.25) is 5.43 Å². The fourth-order valence-corrected chi connectivity index (χ4v) is 3.87. The molecule has 1 heterocycles. The van der Waals surface area contributed by atoms with Gasteiger partial charge < -0.3 is 29.2 Å². The van der Waals surface area contributed by atoms with Crippen molar-refractivity contribution in [2.75, 3.05) is 14.2 Å². The molecule has 0 fully saturated rings. The first-order valence-corrected chi connectivity index (χ1v) is 11.9. The van der Waals surface area contributed by atoms with Crippen LogP contribution in [0.3, 0.4) is 0 Å². The van der Waals surface area contributed by atoms with Gasteiger partial charge >= 0.3 is 5.97 Å². The quantitative estimate of drug-likeness (QED) is 0.343. The number of hydrogen-bond acceptors (Lipinski definition) is 6. The first kappa shape index (κ1) is 27.9. The summed E-state index contributed by atoms with van der Waals surface area (Å²) in [6.07, 6.45) is 0.562. The zero-order valence-corrected chi connectivity index (χ0v) is 21.5. The van der Waals surface area contributed by atoms with E-state index in [0.29, 0.717) is 5.02 Å². The van der Waals surface area contributed by atoms with Gasteiger partial charge in [-0.1, -0.05) is 54.1 Å². The highest BCUT2D eigenvalue weighted by Crippen LogP contribution is 2.23. The number of carbonyl (C=O) groups excluding carboxylic acids is 1. The maximum absolute atomic E-state index is 13.5. The summed E-state index contributed by atoms with van der Waals surface area (Å²) in [5.41, 5.74) is 0.726. The third-order valence-corrected chi connectivity index (χ3v) is 5.99. The predicted molar refractivity (Wildman–Crippen MR) is 138 cm³/mol. The van der Waals surface area contributed by atoms with Gasteiger partial charge in [-0.2, -0.15) is 0 Å². The van der Waals surface area contributed by atoms with Crippen LogP contribution < -0.4 is 15.5 Å². The van der Waals surface area contributed by atoms with Gasteiger partial charge in [-0.3, -0.25) is 14.4 Å². The molecule has 3 aromatic rings. The summed E-state index contributed by atoms with van der Waals surface area (Å²) >= 11 is 6.06. The summed E-state index contributed by atoms with van der Waals surface area (Å²) in [5.74, 6) is -3.19. The number of benzene rings is 2. The number of aromatic nitrogens is 1. The smallest absolute Gasteiger partial charge is 0.310 e. The van der Waals surface area contributed by atoms with E-state index < -0.39 is 29.5 Å². The monoisotopic (exact) mass is 528 g/mol. The molecular weight excluding hydrogens is 500 g/mol. The lowest BCUT2D eigenvalue weighted by Gasteiger charge is -2.23. The summed E-state index contributed by atoms with van der Waals surface area (Å²) in [6.45, 7) is 1.52. The van der Waals surface area contributed by atoms with Crippen LogP contribution in [-0.2, 0) is 34.0 Å². The summed E-state index contributed by atoms with van der Waals surface area (Å²) < 4.78 is 18.0. The lowest BCUT2D eigenvalue weighted by Crippen LogP contribution is -2.34. The van der Waals surface area contributed by atoms with Crippen molar-refractivity contribution in [2.24, 2.45) is 0 Å². The number of nitrogens with one attached hydrogen (secondary N) is 1. The molecule has 2 N–H and O–H groups in total. The lowest BCUT2D eigenvalue weighted by molar-refractivity contribution is -0.138. The number of methoxy groups -OCH3 is 2. The summed E-state index contributed by atoms with van der Waals surface area (Å²) in [5, 5.41) is 12.9. The molecule has 2 aromatic carbocycles. The Kier molecular flexibility index (Phi) is 9.85. The van der Waals surface area contributed by atoms with E-state index >= 15 is 0 Å². The highest BCUT2D eigenvalue weighted by atomic mass is 35.5. The minimum Gasteiger partial charge on any atom is -0.483 e. The molecule has 1 unspecified atom stereocenters. The number of ether oxygens (including phenoxy) is 3. The van der Waals surface area contributed by atoms with E-state index in [1.54, 1.807) is 24.3 Å². The minimum absolute atomic E-state index is 0.00572. The highest BCUT2D eigenvalue weighted by molar-refractivity contribution is 6.30. The van der Waals surface area contributed by atoms with Crippen molar-refractivity contribution in [1.82, 2.24) is 9.88 Å². The van der Waals surface area contributed by atoms with Gasteiger partial charge in [0.15, 0.2) is 17.7 Å². The Labute approximate surface area is 219 Å². The van der Waals surface area contributed by atoms with Gasteiger partial charge in [-0.25, -0.2) is 0 Å². The van der Waals surface area contributed by atoms with E-state index in [4.69, 9.17) is 25.8 Å². The third-order valence-electron chi connectivity index (χ3n) is 5.76. The average molecular weight is 529 g/mol. The number of pyridine rings is 1. The number of rotatable bonds is 12. The average Bonchev–Trinajstić information content (AvgIpc) is 2.90. The summed E-state index contributed by atoms with van der Waals surface area (Å²) in [4.78, 5) is 38.8. The largest absolute Gasteiger partial charge is 0.483 e. The van der Waals surface area contributed by atoms with E-state index in [1.807, 2.05) is 30.3 Å². The highest BCUT2D eigenvalue weighted by Gasteiger charge is 2.28. The second-order valence-corrected chi connectivity index (χ2v) is 8.73. The molecule has 0 aliphatic rings. The minimum atomic E-state index is -1.19. The predicted octanol–water partition coefficient (Wildman–Crippen LogP) is 3.82. The van der Waals surface area contributed by atoms with Crippen LogP contribution in [0.2, 0.25) is 5.02 Å². The Morgan fingerprint density at radius 3 is 2.35 bits per heavy atom. The molecule has 0 saturated carbocycles. The molecular formula is C27H29ClN2O7. The lowest BCUT2D eigenvalue weighted by atomic mass is 10.0. The van der Waals surface area contributed by atoms with Crippen molar-refractivity contribution in [2.45, 2.75) is 38.8 Å². The van der Waals surface area contributed by atoms with Crippen LogP contribution in [0.4, 0.5) is 0 Å². The second-order valence-electron chi connectivity index (χ2n) is 8.29. The van der Waals surface area contributed by atoms with Crippen molar-refractivity contribution in [1.29, 1.82) is 0 Å². The van der Waals surface area contributed by atoms with Crippen LogP contribution in [0.1, 0.15) is 40.0 Å². The Hall–Kier alpha value is -3.66. The molecule has 3 rings (SSSR count). The molecule has 9 nitrogen and oxygen atoms in total. The van der Waals surface area contributed by atoms with Crippen LogP contribution in [0.15, 0.2) is 65.6 Å². The van der Waals surface area contributed by atoms with Crippen molar-refractivity contribution >= 4 is 23.5 Å². The molecule has 10 heteroatoms. The zero-order chi connectivity index (χ0) is 26.9. The Morgan fingerprint density at radius 2 is 1.73 bits per heavy atom. The van der Waals surface area contributed by atoms with Crippen LogP contribution >= 0.6 is 11.6 Å². The number of carboxylic acid groups (broad SMARTS) is 1. The summed E-state index contributed by atoms with van der Waals surface area (Å²) in [6, 6.07) is 16.1. The Bertz CT molecular complexity index is 1290. The van der Waals surface area contributed by atoms with Gasteiger partial charge in [0.25, 0.3) is 5.91 Å². The van der Waals surface area contributed by atoms with E-state index in [-0.39, 0.29) is 36.7 Å². The number of hydrogen-bond donors (Lipinski definition) is 2. The van der Waals surface area contributed by atoms with Gasteiger partial charge in [-0.05, 0) is 30.2 Å². The molecule has 0 aliphatic heterocycles. The first-order valence-electron chi connectivity index (χ1n) is 11.5. The molecule has 0 bridgehead atoms. The van der Waals surface area contributed by atoms with E-state index in [9.17, 15) is 19.5 Å². The Morgan fingerprint density at radius 1 is 1.05 bits per heavy atom. The zero-order valence-electron chi connectivity index (χ0n) is 20.8.